The fourth-order valence-electron chi connectivity index (χ4n) is 8.79. The molecular weight excluding hydrogens is 1430 g/mol. The van der Waals surface area contributed by atoms with Gasteiger partial charge in [0.15, 0.2) is 17.1 Å². The number of nitrogens with zero attached hydrogens (tertiary/aromatic N) is 12. The van der Waals surface area contributed by atoms with Crippen molar-refractivity contribution in [2.75, 3.05) is 11.2 Å². The molecule has 0 aliphatic carbocycles. The number of aromatic nitrogens is 12. The highest BCUT2D eigenvalue weighted by Gasteiger charge is 2.16. The first-order valence-corrected chi connectivity index (χ1v) is 35.8. The average Bonchev–Trinajstić information content (AvgIpc) is 1.60. The van der Waals surface area contributed by atoms with Gasteiger partial charge in [-0.25, -0.2) is 58.1 Å². The van der Waals surface area contributed by atoms with Crippen LogP contribution in [0.3, 0.4) is 0 Å². The standard InChI is InChI=1S/C16H11ClN4O.C16H13N5O.C15H13ClN4.C8H4Cl2N2.C7H10N2.8C2H6.7CH4/c2*17-15-18-13-9-5-4-8-12(13)14-19-20(16(22)21(14)15)10-11-6-2-1-3-7-11;16-15-18-13-9-5-4-8-12(13)14(19-15)20-17-10-11-6-2-1-3-7-11;9-7-5-3-1-2-4-6(5)11-8(10)12-7;8-9-6-7-4-2-1-3-5-7;8*1-2;;;;;;;/h1-9H,10H2;1-9H,10H2,(H2,17,18);1-9,17H,10H2,(H,18,19,20);1-4H;1-5,9H,6,8H2;8*1-2H3;7*1H4. The normalized spacial score (nSPS) is 8.97. The molecule has 0 amide bonds. The molecule has 14 rings (SSSR count). The molecule has 7 N–H and O–H groups in total. The zero-order valence-corrected chi connectivity index (χ0v) is 64.0. The first-order valence-electron chi connectivity index (χ1n) is 34.3. The molecule has 23 heteroatoms. The second-order valence-electron chi connectivity index (χ2n) is 18.5. The molecule has 592 valence electrons. The molecule has 0 spiro atoms. The average molecular weight is 1560 g/mol. The van der Waals surface area contributed by atoms with Gasteiger partial charge >= 0.3 is 11.4 Å². The summed E-state index contributed by atoms with van der Waals surface area (Å²) in [5.74, 6) is 5.94. The molecule has 108 heavy (non-hydrogen) atoms. The molecule has 6 aromatic heterocycles. The molecule has 8 aromatic carbocycles. The highest BCUT2D eigenvalue weighted by molar-refractivity contribution is 6.35. The third-order valence-corrected chi connectivity index (χ3v) is 13.7. The van der Waals surface area contributed by atoms with Crippen LogP contribution in [0.2, 0.25) is 21.0 Å². The summed E-state index contributed by atoms with van der Waals surface area (Å²) in [5, 5.41) is 13.2. The number of hydrogen-bond donors (Lipinski definition) is 5. The van der Waals surface area contributed by atoms with Crippen molar-refractivity contribution in [3.63, 3.8) is 0 Å². The van der Waals surface area contributed by atoms with Crippen LogP contribution in [-0.2, 0) is 26.2 Å². The van der Waals surface area contributed by atoms with E-state index >= 15 is 0 Å². The van der Waals surface area contributed by atoms with Gasteiger partial charge in [-0.3, -0.25) is 11.3 Å². The van der Waals surface area contributed by atoms with Gasteiger partial charge in [0.05, 0.1) is 35.2 Å². The number of benzene rings is 8. The molecule has 0 fully saturated rings. The molecule has 0 aliphatic rings. The van der Waals surface area contributed by atoms with Crippen LogP contribution in [0.4, 0.5) is 11.8 Å². The van der Waals surface area contributed by atoms with Crippen LogP contribution in [0.25, 0.3) is 54.9 Å². The Labute approximate surface area is 666 Å². The number of hydrogen-bond acceptors (Lipinski definition) is 15. The van der Waals surface area contributed by atoms with E-state index in [9.17, 15) is 9.59 Å². The van der Waals surface area contributed by atoms with Gasteiger partial charge in [0.1, 0.15) is 5.15 Å². The summed E-state index contributed by atoms with van der Waals surface area (Å²) in [4.78, 5) is 49.8. The molecule has 0 atom stereocenters. The molecule has 0 radical (unpaired) electrons. The van der Waals surface area contributed by atoms with E-state index in [0.717, 1.165) is 61.3 Å². The van der Waals surface area contributed by atoms with Crippen LogP contribution in [0, 0.1) is 0 Å². The van der Waals surface area contributed by atoms with Crippen molar-refractivity contribution in [2.45, 2.75) is 189 Å². The zero-order chi connectivity index (χ0) is 75.1. The van der Waals surface area contributed by atoms with Gasteiger partial charge in [-0.15, -0.1) is 10.2 Å². The lowest BCUT2D eigenvalue weighted by molar-refractivity contribution is 0.658. The minimum absolute atomic E-state index is 0. The van der Waals surface area contributed by atoms with Crippen LogP contribution in [0.5, 0.6) is 0 Å². The number of fused-ring (bicyclic) bond motifs is 8. The van der Waals surface area contributed by atoms with Crippen molar-refractivity contribution in [1.82, 2.24) is 69.1 Å². The number of nitrogens with two attached hydrogens (primary N) is 2. The fourth-order valence-corrected chi connectivity index (χ4v) is 9.67. The maximum atomic E-state index is 12.5. The van der Waals surface area contributed by atoms with Crippen molar-refractivity contribution in [2.24, 2.45) is 5.84 Å². The Bertz CT molecular complexity index is 4510. The van der Waals surface area contributed by atoms with Crippen molar-refractivity contribution >= 4 is 113 Å². The topological polar surface area (TPSA) is 244 Å². The summed E-state index contributed by atoms with van der Waals surface area (Å²) in [6.07, 6.45) is 0. The van der Waals surface area contributed by atoms with Gasteiger partial charge in [0, 0.05) is 34.6 Å². The van der Waals surface area contributed by atoms with Gasteiger partial charge in [-0.1, -0.05) is 344 Å². The van der Waals surface area contributed by atoms with Crippen molar-refractivity contribution in [3.8, 4) is 0 Å². The molecule has 19 nitrogen and oxygen atoms in total. The molecule has 0 aliphatic heterocycles. The number of anilines is 2. The first kappa shape index (κ1) is 109. The molecular formula is C85H127Cl4N17O2. The minimum Gasteiger partial charge on any atom is -0.369 e. The Balaban J connectivity index is -0.000000289. The maximum absolute atomic E-state index is 12.5. The SMILES string of the molecule is C.C.C.C.C.C.C.CC.CC.CC.CC.CC.CC.CC.CC.Clc1nc(Cl)c2ccccc2n1.Clc1nc(NNCc2ccccc2)c2ccccc2n1.NNCc1ccccc1.Nc1nc2ccccc2c2nn(Cc3ccccc3)c(=O)n12.O=c1n(Cc2ccccc2)nc2c3ccccc3nc(Cl)n12. The maximum Gasteiger partial charge on any atom is 0.353 e. The van der Waals surface area contributed by atoms with Crippen molar-refractivity contribution in [3.05, 3.63) is 283 Å². The smallest absolute Gasteiger partial charge is 0.353 e. The van der Waals surface area contributed by atoms with Crippen LogP contribution in [0.1, 0.15) is 185 Å². The third-order valence-electron chi connectivity index (χ3n) is 12.8. The number of nitrogen functional groups attached to an aromatic ring is 1. The summed E-state index contributed by atoms with van der Waals surface area (Å²) in [7, 11) is 0. The number of rotatable bonds is 10. The quantitative estimate of drug-likeness (QED) is 0.0370. The van der Waals surface area contributed by atoms with E-state index in [4.69, 9.17) is 58.0 Å². The minimum atomic E-state index is -0.290. The van der Waals surface area contributed by atoms with Crippen molar-refractivity contribution in [1.29, 1.82) is 0 Å². The van der Waals surface area contributed by atoms with Gasteiger partial charge in [0.2, 0.25) is 21.8 Å². The first-order chi connectivity index (χ1) is 49.5. The lowest BCUT2D eigenvalue weighted by Crippen LogP contribution is -2.23. The number of hydrazine groups is 2. The Hall–Kier alpha value is -9.70. The van der Waals surface area contributed by atoms with Crippen LogP contribution < -0.4 is 39.2 Å². The fraction of sp³-hybridized carbons (Fsp3) is 0.318. The second-order valence-corrected chi connectivity index (χ2v) is 19.9. The van der Waals surface area contributed by atoms with Gasteiger partial charge < -0.3 is 11.2 Å². The lowest BCUT2D eigenvalue weighted by atomic mass is 10.2. The number of halogens is 4. The second kappa shape index (κ2) is 63.4. The molecule has 0 unspecified atom stereocenters. The van der Waals surface area contributed by atoms with Crippen LogP contribution in [-0.4, -0.2) is 58.3 Å². The largest absolute Gasteiger partial charge is 0.369 e. The van der Waals surface area contributed by atoms with E-state index in [0.29, 0.717) is 41.9 Å². The Morgan fingerprint density at radius 2 is 0.648 bits per heavy atom. The highest BCUT2D eigenvalue weighted by atomic mass is 35.5. The predicted octanol–water partition coefficient (Wildman–Crippen LogP) is 24.1. The summed E-state index contributed by atoms with van der Waals surface area (Å²) in [6.45, 7) is 34.2. The molecule has 0 bridgehead atoms. The van der Waals surface area contributed by atoms with Crippen molar-refractivity contribution < 1.29 is 0 Å². The summed E-state index contributed by atoms with van der Waals surface area (Å²) >= 11 is 23.5. The highest BCUT2D eigenvalue weighted by Crippen LogP contribution is 2.24. The number of nitrogens with one attached hydrogen (secondary N) is 3. The summed E-state index contributed by atoms with van der Waals surface area (Å²) in [5.41, 5.74) is 22.7. The van der Waals surface area contributed by atoms with Gasteiger partial charge in [-0.2, -0.15) is 4.98 Å². The molecule has 14 aromatic rings. The van der Waals surface area contributed by atoms with Gasteiger partial charge in [-0.05, 0) is 106 Å². The molecule has 0 saturated heterocycles. The Morgan fingerprint density at radius 3 is 1.06 bits per heavy atom. The van der Waals surface area contributed by atoms with E-state index in [1.54, 1.807) is 0 Å². The van der Waals surface area contributed by atoms with Crippen LogP contribution in [0.15, 0.2) is 228 Å². The Morgan fingerprint density at radius 1 is 0.343 bits per heavy atom. The molecule has 0 saturated carbocycles. The zero-order valence-electron chi connectivity index (χ0n) is 61.0. The van der Waals surface area contributed by atoms with Crippen LogP contribution >= 0.6 is 46.4 Å². The van der Waals surface area contributed by atoms with E-state index in [2.05, 4.69) is 68.5 Å². The van der Waals surface area contributed by atoms with E-state index in [1.807, 2.05) is 317 Å². The summed E-state index contributed by atoms with van der Waals surface area (Å²) in [6, 6.07) is 69.8. The number of para-hydroxylation sites is 4. The predicted molar refractivity (Wildman–Crippen MR) is 476 cm³/mol. The monoisotopic (exact) mass is 1560 g/mol. The summed E-state index contributed by atoms with van der Waals surface area (Å²) < 4.78 is 5.51. The molecule has 6 heterocycles. The van der Waals surface area contributed by atoms with E-state index in [-0.39, 0.29) is 85.2 Å². The third kappa shape index (κ3) is 32.8. The lowest BCUT2D eigenvalue weighted by Gasteiger charge is -2.10. The Kier molecular flexibility index (Phi) is 64.1. The van der Waals surface area contributed by atoms with E-state index in [1.165, 1.54) is 29.3 Å². The van der Waals surface area contributed by atoms with Gasteiger partial charge in [0.25, 0.3) is 0 Å². The van der Waals surface area contributed by atoms with E-state index < -0.39 is 0 Å².